The lowest BCUT2D eigenvalue weighted by Crippen LogP contribution is -1.96. The summed E-state index contributed by atoms with van der Waals surface area (Å²) in [5.41, 5.74) is 9.25. The Morgan fingerprint density at radius 3 is 2.35 bits per heavy atom. The molecule has 3 heteroatoms. The van der Waals surface area contributed by atoms with Gasteiger partial charge >= 0.3 is 0 Å². The van der Waals surface area contributed by atoms with Crippen molar-refractivity contribution in [3.63, 3.8) is 0 Å². The number of nitrogens with zero attached hydrogens (tertiary/aromatic N) is 1. The van der Waals surface area contributed by atoms with Crippen molar-refractivity contribution in [2.45, 2.75) is 32.7 Å². The quantitative estimate of drug-likeness (QED) is 0.899. The number of benzene rings is 1. The van der Waals surface area contributed by atoms with Crippen molar-refractivity contribution >= 4 is 11.3 Å². The first kappa shape index (κ1) is 12.3. The van der Waals surface area contributed by atoms with Crippen molar-refractivity contribution < 1.29 is 0 Å². The number of aromatic nitrogens is 1. The van der Waals surface area contributed by atoms with Gasteiger partial charge in [0.15, 0.2) is 0 Å². The van der Waals surface area contributed by atoms with E-state index in [-0.39, 0.29) is 0 Å². The van der Waals surface area contributed by atoms with Gasteiger partial charge in [0.25, 0.3) is 0 Å². The maximum absolute atomic E-state index is 5.58. The minimum atomic E-state index is 0.514. The van der Waals surface area contributed by atoms with Gasteiger partial charge < -0.3 is 5.73 Å². The average Bonchev–Trinajstić information content (AvgIpc) is 2.79. The highest BCUT2D eigenvalue weighted by atomic mass is 32.1. The van der Waals surface area contributed by atoms with Crippen molar-refractivity contribution in [3.8, 4) is 0 Å². The Labute approximate surface area is 107 Å². The van der Waals surface area contributed by atoms with E-state index in [9.17, 15) is 0 Å². The third kappa shape index (κ3) is 3.14. The van der Waals surface area contributed by atoms with E-state index < -0.39 is 0 Å². The van der Waals surface area contributed by atoms with E-state index in [1.54, 1.807) is 11.3 Å². The second kappa shape index (κ2) is 5.43. The molecule has 0 saturated heterocycles. The maximum atomic E-state index is 5.58. The predicted octanol–water partition coefficient (Wildman–Crippen LogP) is 3.32. The molecule has 2 rings (SSSR count). The third-order valence-corrected chi connectivity index (χ3v) is 3.64. The first-order chi connectivity index (χ1) is 8.19. The molecule has 0 unspecified atom stereocenters. The molecule has 0 fully saturated rings. The molecular weight excluding hydrogens is 228 g/mol. The Kier molecular flexibility index (Phi) is 3.92. The van der Waals surface area contributed by atoms with Crippen molar-refractivity contribution in [2.24, 2.45) is 5.73 Å². The predicted molar refractivity (Wildman–Crippen MR) is 73.3 cm³/mol. The number of nitrogens with two attached hydrogens (primary N) is 1. The second-order valence-corrected chi connectivity index (χ2v) is 5.46. The topological polar surface area (TPSA) is 38.9 Å². The summed E-state index contributed by atoms with van der Waals surface area (Å²) in [6, 6.07) is 8.45. The van der Waals surface area contributed by atoms with E-state index >= 15 is 0 Å². The molecule has 1 heterocycles. The lowest BCUT2D eigenvalue weighted by atomic mass is 10.1. The lowest BCUT2D eigenvalue weighted by Gasteiger charge is -2.01. The molecule has 0 radical (unpaired) electrons. The zero-order valence-corrected chi connectivity index (χ0v) is 11.1. The van der Waals surface area contributed by atoms with Gasteiger partial charge in [-0.1, -0.05) is 38.1 Å². The number of rotatable bonds is 4. The van der Waals surface area contributed by atoms with Gasteiger partial charge in [0.05, 0.1) is 10.7 Å². The first-order valence-electron chi connectivity index (χ1n) is 5.91. The molecule has 0 bridgehead atoms. The van der Waals surface area contributed by atoms with Gasteiger partial charge in [-0.15, -0.1) is 11.3 Å². The monoisotopic (exact) mass is 246 g/mol. The fourth-order valence-electron chi connectivity index (χ4n) is 1.64. The van der Waals surface area contributed by atoms with Crippen LogP contribution in [-0.4, -0.2) is 4.98 Å². The second-order valence-electron chi connectivity index (χ2n) is 4.52. The maximum Gasteiger partial charge on any atom is 0.0972 e. The number of thiazole rings is 1. The van der Waals surface area contributed by atoms with E-state index in [1.807, 2.05) is 0 Å². The van der Waals surface area contributed by atoms with Gasteiger partial charge in [0, 0.05) is 18.3 Å². The molecule has 1 aromatic carbocycles. The Bertz CT molecular complexity index is 471. The summed E-state index contributed by atoms with van der Waals surface area (Å²) in [5.74, 6) is 0.514. The largest absolute Gasteiger partial charge is 0.326 e. The Hall–Kier alpha value is -1.19. The van der Waals surface area contributed by atoms with Gasteiger partial charge in [-0.2, -0.15) is 0 Å². The van der Waals surface area contributed by atoms with Crippen LogP contribution < -0.4 is 5.73 Å². The van der Waals surface area contributed by atoms with Crippen LogP contribution in [0.1, 0.15) is 41.6 Å². The molecule has 0 spiro atoms. The smallest absolute Gasteiger partial charge is 0.0972 e. The SMILES string of the molecule is CC(C)c1csc(Cc2ccc(CN)cc2)n1. The summed E-state index contributed by atoms with van der Waals surface area (Å²) in [4.78, 5) is 4.64. The normalized spacial score (nSPS) is 11.1. The molecule has 2 N–H and O–H groups in total. The van der Waals surface area contributed by atoms with Crippen molar-refractivity contribution in [1.29, 1.82) is 0 Å². The molecular formula is C14H18N2S. The van der Waals surface area contributed by atoms with Gasteiger partial charge in [0.2, 0.25) is 0 Å². The van der Waals surface area contributed by atoms with E-state index in [2.05, 4.69) is 48.5 Å². The summed E-state index contributed by atoms with van der Waals surface area (Å²) in [5, 5.41) is 3.35. The fourth-order valence-corrected chi connectivity index (χ4v) is 2.63. The molecule has 0 aliphatic heterocycles. The Morgan fingerprint density at radius 1 is 1.18 bits per heavy atom. The number of hydrogen-bond donors (Lipinski definition) is 1. The molecule has 0 aliphatic rings. The first-order valence-corrected chi connectivity index (χ1v) is 6.79. The van der Waals surface area contributed by atoms with E-state index in [0.29, 0.717) is 12.5 Å². The average molecular weight is 246 g/mol. The number of hydrogen-bond acceptors (Lipinski definition) is 3. The van der Waals surface area contributed by atoms with Crippen molar-refractivity contribution in [1.82, 2.24) is 4.98 Å². The van der Waals surface area contributed by atoms with Crippen LogP contribution >= 0.6 is 11.3 Å². The highest BCUT2D eigenvalue weighted by Crippen LogP contribution is 2.20. The minimum absolute atomic E-state index is 0.514. The molecule has 17 heavy (non-hydrogen) atoms. The third-order valence-electron chi connectivity index (χ3n) is 2.78. The molecule has 90 valence electrons. The van der Waals surface area contributed by atoms with Crippen molar-refractivity contribution in [3.05, 3.63) is 51.5 Å². The van der Waals surface area contributed by atoms with Crippen molar-refractivity contribution in [2.75, 3.05) is 0 Å². The highest BCUT2D eigenvalue weighted by molar-refractivity contribution is 7.09. The summed E-state index contributed by atoms with van der Waals surface area (Å²) in [6.45, 7) is 4.96. The van der Waals surface area contributed by atoms with E-state index in [1.165, 1.54) is 21.8 Å². The molecule has 0 amide bonds. The summed E-state index contributed by atoms with van der Waals surface area (Å²) >= 11 is 1.75. The van der Waals surface area contributed by atoms with E-state index in [0.717, 1.165) is 6.42 Å². The van der Waals surface area contributed by atoms with Crippen LogP contribution in [0, 0.1) is 0 Å². The molecule has 0 aliphatic carbocycles. The summed E-state index contributed by atoms with van der Waals surface area (Å²) in [7, 11) is 0. The summed E-state index contributed by atoms with van der Waals surface area (Å²) < 4.78 is 0. The van der Waals surface area contributed by atoms with E-state index in [4.69, 9.17) is 5.73 Å². The Morgan fingerprint density at radius 2 is 1.82 bits per heavy atom. The molecule has 0 saturated carbocycles. The molecule has 2 nitrogen and oxygen atoms in total. The lowest BCUT2D eigenvalue weighted by molar-refractivity contribution is 0.825. The van der Waals surface area contributed by atoms with Gasteiger partial charge in [-0.3, -0.25) is 0 Å². The van der Waals surface area contributed by atoms with Crippen LogP contribution in [0.15, 0.2) is 29.6 Å². The van der Waals surface area contributed by atoms with Gasteiger partial charge in [-0.25, -0.2) is 4.98 Å². The van der Waals surface area contributed by atoms with Gasteiger partial charge in [-0.05, 0) is 17.0 Å². The molecule has 2 aromatic rings. The van der Waals surface area contributed by atoms with Crippen LogP contribution in [-0.2, 0) is 13.0 Å². The molecule has 0 atom stereocenters. The zero-order chi connectivity index (χ0) is 12.3. The summed E-state index contributed by atoms with van der Waals surface area (Å²) in [6.07, 6.45) is 0.919. The minimum Gasteiger partial charge on any atom is -0.326 e. The fraction of sp³-hybridized carbons (Fsp3) is 0.357. The van der Waals surface area contributed by atoms with Gasteiger partial charge in [0.1, 0.15) is 0 Å². The molecule has 1 aromatic heterocycles. The van der Waals surface area contributed by atoms with Crippen LogP contribution in [0.2, 0.25) is 0 Å². The van der Waals surface area contributed by atoms with Crippen LogP contribution in [0.3, 0.4) is 0 Å². The van der Waals surface area contributed by atoms with Crippen LogP contribution in [0.4, 0.5) is 0 Å². The van der Waals surface area contributed by atoms with Crippen LogP contribution in [0.5, 0.6) is 0 Å². The Balaban J connectivity index is 2.08. The van der Waals surface area contributed by atoms with Crippen LogP contribution in [0.25, 0.3) is 0 Å². The standard InChI is InChI=1S/C14H18N2S/c1-10(2)13-9-17-14(16-13)7-11-3-5-12(8-15)6-4-11/h3-6,9-10H,7-8,15H2,1-2H3. The zero-order valence-electron chi connectivity index (χ0n) is 10.3. The highest BCUT2D eigenvalue weighted by Gasteiger charge is 2.06.